The lowest BCUT2D eigenvalue weighted by Gasteiger charge is -2.05. The molecule has 0 bridgehead atoms. The van der Waals surface area contributed by atoms with Crippen LogP contribution in [0.3, 0.4) is 0 Å². The lowest BCUT2D eigenvalue weighted by molar-refractivity contribution is 0.368. The molecule has 1 N–H and O–H groups in total. The molecule has 90 valence electrons. The number of nitrogens with one attached hydrogen (secondary N) is 1. The lowest BCUT2D eigenvalue weighted by Crippen LogP contribution is -2.08. The maximum atomic E-state index is 5.08. The third-order valence-corrected chi connectivity index (χ3v) is 2.18. The highest BCUT2D eigenvalue weighted by atomic mass is 16.5. The maximum Gasteiger partial charge on any atom is 0.246 e. The molecule has 0 aliphatic rings. The van der Waals surface area contributed by atoms with Crippen molar-refractivity contribution in [1.29, 1.82) is 0 Å². The number of hydrogen-bond donors (Lipinski definition) is 1. The molecule has 0 atom stereocenters. The zero-order valence-electron chi connectivity index (χ0n) is 9.97. The van der Waals surface area contributed by atoms with Gasteiger partial charge < -0.3 is 14.4 Å². The zero-order valence-corrected chi connectivity index (χ0v) is 9.97. The van der Waals surface area contributed by atoms with Crippen molar-refractivity contribution in [2.45, 2.75) is 20.4 Å². The molecular weight excluding hydrogens is 218 g/mol. The van der Waals surface area contributed by atoms with E-state index in [-0.39, 0.29) is 0 Å². The Morgan fingerprint density at radius 1 is 1.47 bits per heavy atom. The van der Waals surface area contributed by atoms with Crippen LogP contribution in [0, 0.1) is 13.8 Å². The summed E-state index contributed by atoms with van der Waals surface area (Å²) < 4.78 is 7.02. The minimum Gasteiger partial charge on any atom is -0.352 e. The highest BCUT2D eigenvalue weighted by Gasteiger charge is 2.09. The first-order chi connectivity index (χ1) is 8.19. The molecule has 2 aromatic rings. The van der Waals surface area contributed by atoms with Gasteiger partial charge in [-0.2, -0.15) is 4.98 Å². The summed E-state index contributed by atoms with van der Waals surface area (Å²) in [4.78, 5) is 8.53. The first kappa shape index (κ1) is 11.4. The molecule has 6 nitrogen and oxygen atoms in total. The molecule has 2 heterocycles. The van der Waals surface area contributed by atoms with E-state index in [1.165, 1.54) is 0 Å². The summed E-state index contributed by atoms with van der Waals surface area (Å²) in [6, 6.07) is 0. The third kappa shape index (κ3) is 2.72. The molecule has 2 aromatic heterocycles. The fraction of sp³-hybridized carbons (Fsp3) is 0.364. The second-order valence-corrected chi connectivity index (χ2v) is 3.74. The zero-order chi connectivity index (χ0) is 12.3. The van der Waals surface area contributed by atoms with Crippen LogP contribution < -0.4 is 5.32 Å². The molecular formula is C11H15N5O. The van der Waals surface area contributed by atoms with Gasteiger partial charge in [-0.15, -0.1) is 6.58 Å². The van der Waals surface area contributed by atoms with Crippen molar-refractivity contribution < 1.29 is 4.52 Å². The van der Waals surface area contributed by atoms with Crippen molar-refractivity contribution in [3.63, 3.8) is 0 Å². The molecule has 2 rings (SSSR count). The van der Waals surface area contributed by atoms with Crippen LogP contribution in [-0.4, -0.2) is 26.2 Å². The summed E-state index contributed by atoms with van der Waals surface area (Å²) in [5.74, 6) is 1.98. The molecule has 0 radical (unpaired) electrons. The second kappa shape index (κ2) is 4.82. The van der Waals surface area contributed by atoms with Crippen LogP contribution in [0.4, 0.5) is 5.95 Å². The summed E-state index contributed by atoms with van der Waals surface area (Å²) in [5.41, 5.74) is 0.938. The molecule has 0 aromatic carbocycles. The Balaban J connectivity index is 2.16. The molecule has 0 aliphatic carbocycles. The number of hydrogen-bond acceptors (Lipinski definition) is 5. The predicted molar refractivity (Wildman–Crippen MR) is 63.8 cm³/mol. The normalized spacial score (nSPS) is 10.5. The van der Waals surface area contributed by atoms with Crippen LogP contribution in [-0.2, 0) is 6.54 Å². The van der Waals surface area contributed by atoms with Crippen molar-refractivity contribution in [3.8, 4) is 0 Å². The number of nitrogens with zero attached hydrogens (tertiary/aromatic N) is 4. The molecule has 0 saturated carbocycles. The first-order valence-electron chi connectivity index (χ1n) is 5.37. The number of aryl methyl sites for hydroxylation is 2. The number of imidazole rings is 1. The van der Waals surface area contributed by atoms with E-state index < -0.39 is 0 Å². The average Bonchev–Trinajstić information content (AvgIpc) is 2.83. The smallest absolute Gasteiger partial charge is 0.246 e. The Hall–Kier alpha value is -2.11. The molecule has 0 spiro atoms. The lowest BCUT2D eigenvalue weighted by atomic mass is 10.5. The molecule has 0 aliphatic heterocycles. The highest BCUT2D eigenvalue weighted by Crippen LogP contribution is 2.10. The Kier molecular flexibility index (Phi) is 3.22. The predicted octanol–water partition coefficient (Wildman–Crippen LogP) is 1.53. The Morgan fingerprint density at radius 2 is 2.29 bits per heavy atom. The highest BCUT2D eigenvalue weighted by molar-refractivity contribution is 5.30. The van der Waals surface area contributed by atoms with Gasteiger partial charge in [0.25, 0.3) is 0 Å². The van der Waals surface area contributed by atoms with Crippen molar-refractivity contribution >= 4 is 5.95 Å². The SMILES string of the molecule is C=CCNc1nc(C)cn1Cc1nc(C)no1. The van der Waals surface area contributed by atoms with Crippen LogP contribution in [0.2, 0.25) is 0 Å². The quantitative estimate of drug-likeness (QED) is 0.793. The molecule has 0 fully saturated rings. The van der Waals surface area contributed by atoms with E-state index in [0.717, 1.165) is 11.6 Å². The van der Waals surface area contributed by atoms with E-state index in [2.05, 4.69) is 27.0 Å². The fourth-order valence-corrected chi connectivity index (χ4v) is 1.52. The fourth-order valence-electron chi connectivity index (χ4n) is 1.52. The third-order valence-electron chi connectivity index (χ3n) is 2.18. The summed E-state index contributed by atoms with van der Waals surface area (Å²) in [6.07, 6.45) is 3.72. The minimum absolute atomic E-state index is 0.515. The van der Waals surface area contributed by atoms with Gasteiger partial charge in [-0.25, -0.2) is 4.98 Å². The number of anilines is 1. The number of aromatic nitrogens is 4. The van der Waals surface area contributed by atoms with Crippen molar-refractivity contribution in [3.05, 3.63) is 36.3 Å². The molecule has 0 amide bonds. The maximum absolute atomic E-state index is 5.08. The van der Waals surface area contributed by atoms with E-state index in [1.807, 2.05) is 17.7 Å². The van der Waals surface area contributed by atoms with Crippen molar-refractivity contribution in [2.24, 2.45) is 0 Å². The van der Waals surface area contributed by atoms with E-state index in [4.69, 9.17) is 4.52 Å². The van der Waals surface area contributed by atoms with Crippen LogP contribution in [0.1, 0.15) is 17.4 Å². The van der Waals surface area contributed by atoms with Crippen LogP contribution in [0.25, 0.3) is 0 Å². The number of rotatable bonds is 5. The van der Waals surface area contributed by atoms with E-state index in [9.17, 15) is 0 Å². The van der Waals surface area contributed by atoms with Gasteiger partial charge in [0.05, 0.1) is 5.69 Å². The van der Waals surface area contributed by atoms with Crippen molar-refractivity contribution in [1.82, 2.24) is 19.7 Å². The Bertz CT molecular complexity index is 514. The van der Waals surface area contributed by atoms with Gasteiger partial charge in [0, 0.05) is 12.7 Å². The van der Waals surface area contributed by atoms with Gasteiger partial charge >= 0.3 is 0 Å². The van der Waals surface area contributed by atoms with Gasteiger partial charge in [-0.3, -0.25) is 0 Å². The molecule has 17 heavy (non-hydrogen) atoms. The van der Waals surface area contributed by atoms with E-state index in [1.54, 1.807) is 13.0 Å². The standard InChI is InChI=1S/C11H15N5O/c1-4-5-12-11-13-8(2)6-16(11)7-10-14-9(3)15-17-10/h4,6H,1,5,7H2,2-3H3,(H,12,13). The van der Waals surface area contributed by atoms with Gasteiger partial charge in [0.1, 0.15) is 6.54 Å². The monoisotopic (exact) mass is 233 g/mol. The van der Waals surface area contributed by atoms with Gasteiger partial charge in [-0.1, -0.05) is 11.2 Å². The second-order valence-electron chi connectivity index (χ2n) is 3.74. The molecule has 0 unspecified atom stereocenters. The molecule has 0 saturated heterocycles. The summed E-state index contributed by atoms with van der Waals surface area (Å²) in [7, 11) is 0. The summed E-state index contributed by atoms with van der Waals surface area (Å²) in [5, 5.41) is 6.91. The Morgan fingerprint density at radius 3 is 2.94 bits per heavy atom. The minimum atomic E-state index is 0.515. The first-order valence-corrected chi connectivity index (χ1v) is 5.37. The van der Waals surface area contributed by atoms with Gasteiger partial charge in [-0.05, 0) is 13.8 Å². The van der Waals surface area contributed by atoms with Crippen molar-refractivity contribution in [2.75, 3.05) is 11.9 Å². The Labute approximate surface area is 99.4 Å². The summed E-state index contributed by atoms with van der Waals surface area (Å²) in [6.45, 7) is 8.57. The largest absolute Gasteiger partial charge is 0.352 e. The van der Waals surface area contributed by atoms with Crippen LogP contribution in [0.15, 0.2) is 23.4 Å². The summed E-state index contributed by atoms with van der Waals surface area (Å²) >= 11 is 0. The van der Waals surface area contributed by atoms with E-state index in [0.29, 0.717) is 24.8 Å². The average molecular weight is 233 g/mol. The van der Waals surface area contributed by atoms with Gasteiger partial charge in [0.15, 0.2) is 5.82 Å². The van der Waals surface area contributed by atoms with Gasteiger partial charge in [0.2, 0.25) is 11.8 Å². The van der Waals surface area contributed by atoms with Crippen LogP contribution in [0.5, 0.6) is 0 Å². The van der Waals surface area contributed by atoms with Crippen LogP contribution >= 0.6 is 0 Å². The topological polar surface area (TPSA) is 68.8 Å². The van der Waals surface area contributed by atoms with E-state index >= 15 is 0 Å². The molecule has 6 heteroatoms.